The first-order valence-electron chi connectivity index (χ1n) is 3.57. The molecule has 70 valence electrons. The standard InChI is InChI=1S/C8H18S2.FH/c1-7(2,3)9-10-8(4,5)6;/h1-6H3;1H. The zero-order chi connectivity index (χ0) is 8.41. The zero-order valence-electron chi connectivity index (χ0n) is 8.22. The van der Waals surface area contributed by atoms with Crippen molar-refractivity contribution in [1.29, 1.82) is 0 Å². The topological polar surface area (TPSA) is 0 Å². The second kappa shape index (κ2) is 4.61. The molecule has 0 aromatic rings. The van der Waals surface area contributed by atoms with Crippen molar-refractivity contribution < 1.29 is 4.70 Å². The van der Waals surface area contributed by atoms with Gasteiger partial charge in [0.25, 0.3) is 0 Å². The van der Waals surface area contributed by atoms with Gasteiger partial charge in [0.2, 0.25) is 0 Å². The lowest BCUT2D eigenvalue weighted by Gasteiger charge is -2.23. The van der Waals surface area contributed by atoms with Crippen LogP contribution in [0, 0.1) is 0 Å². The van der Waals surface area contributed by atoms with E-state index in [1.54, 1.807) is 0 Å². The van der Waals surface area contributed by atoms with E-state index in [2.05, 4.69) is 41.5 Å². The van der Waals surface area contributed by atoms with Crippen molar-refractivity contribution in [3.8, 4) is 0 Å². The molecule has 0 heterocycles. The number of hydrogen-bond donors (Lipinski definition) is 0. The number of hydrogen-bond acceptors (Lipinski definition) is 2. The molecule has 0 aromatic heterocycles. The van der Waals surface area contributed by atoms with Gasteiger partial charge in [-0.05, 0) is 0 Å². The van der Waals surface area contributed by atoms with Crippen LogP contribution in [0.3, 0.4) is 0 Å². The van der Waals surface area contributed by atoms with Gasteiger partial charge in [-0.2, -0.15) is 0 Å². The van der Waals surface area contributed by atoms with E-state index in [4.69, 9.17) is 0 Å². The van der Waals surface area contributed by atoms with Gasteiger partial charge < -0.3 is 0 Å². The molecular formula is C8H19FS2. The molecule has 0 aromatic carbocycles. The monoisotopic (exact) mass is 198 g/mol. The quantitative estimate of drug-likeness (QED) is 0.581. The van der Waals surface area contributed by atoms with Crippen LogP contribution in [0.4, 0.5) is 4.70 Å². The minimum absolute atomic E-state index is 0. The second-order valence-corrected chi connectivity index (χ2v) is 8.17. The van der Waals surface area contributed by atoms with Crippen LogP contribution in [0.5, 0.6) is 0 Å². The van der Waals surface area contributed by atoms with Gasteiger partial charge in [-0.25, -0.2) is 0 Å². The molecule has 0 fully saturated rings. The van der Waals surface area contributed by atoms with Crippen molar-refractivity contribution >= 4 is 21.6 Å². The molecule has 0 nitrogen and oxygen atoms in total. The Morgan fingerprint density at radius 1 is 0.636 bits per heavy atom. The molecule has 0 saturated carbocycles. The highest BCUT2D eigenvalue weighted by Crippen LogP contribution is 2.42. The van der Waals surface area contributed by atoms with Crippen LogP contribution in [0.1, 0.15) is 41.5 Å². The van der Waals surface area contributed by atoms with Gasteiger partial charge in [-0.1, -0.05) is 63.1 Å². The molecule has 0 spiro atoms. The highest BCUT2D eigenvalue weighted by atomic mass is 33.1. The third kappa shape index (κ3) is 13.6. The fraction of sp³-hybridized carbons (Fsp3) is 1.00. The summed E-state index contributed by atoms with van der Waals surface area (Å²) in [6.45, 7) is 13.5. The smallest absolute Gasteiger partial charge is 0.0179 e. The van der Waals surface area contributed by atoms with Gasteiger partial charge in [0.1, 0.15) is 0 Å². The largest absolute Gasteiger partial charge is 0.269 e. The summed E-state index contributed by atoms with van der Waals surface area (Å²) in [5, 5.41) is 0. The lowest BCUT2D eigenvalue weighted by Crippen LogP contribution is -2.11. The lowest BCUT2D eigenvalue weighted by molar-refractivity contribution is 0.799. The lowest BCUT2D eigenvalue weighted by atomic mass is 10.3. The van der Waals surface area contributed by atoms with E-state index in [1.165, 1.54) is 0 Å². The minimum atomic E-state index is 0. The molecule has 0 N–H and O–H groups in total. The van der Waals surface area contributed by atoms with Crippen LogP contribution in [0.15, 0.2) is 0 Å². The Bertz CT molecular complexity index is 85.6. The van der Waals surface area contributed by atoms with E-state index in [-0.39, 0.29) is 4.70 Å². The first-order valence-corrected chi connectivity index (χ1v) is 5.72. The van der Waals surface area contributed by atoms with E-state index in [0.717, 1.165) is 0 Å². The molecule has 0 atom stereocenters. The molecule has 0 aliphatic rings. The number of halogens is 1. The molecule has 0 aliphatic carbocycles. The SMILES string of the molecule is CC(C)(C)SSC(C)(C)C.F. The van der Waals surface area contributed by atoms with Crippen molar-refractivity contribution in [3.05, 3.63) is 0 Å². The van der Waals surface area contributed by atoms with Gasteiger partial charge in [-0.15, -0.1) is 0 Å². The Balaban J connectivity index is 0. The molecule has 3 heteroatoms. The summed E-state index contributed by atoms with van der Waals surface area (Å²) < 4.78 is 0.774. The molecule has 0 rings (SSSR count). The van der Waals surface area contributed by atoms with Gasteiger partial charge >= 0.3 is 0 Å². The summed E-state index contributed by atoms with van der Waals surface area (Å²) in [7, 11) is 3.91. The van der Waals surface area contributed by atoms with Crippen molar-refractivity contribution in [1.82, 2.24) is 0 Å². The van der Waals surface area contributed by atoms with Crippen molar-refractivity contribution in [3.63, 3.8) is 0 Å². The molecule has 0 saturated heterocycles. The highest BCUT2D eigenvalue weighted by molar-refractivity contribution is 8.77. The second-order valence-electron chi connectivity index (χ2n) is 4.39. The third-order valence-electron chi connectivity index (χ3n) is 0.542. The first kappa shape index (κ1) is 14.2. The summed E-state index contributed by atoms with van der Waals surface area (Å²) in [4.78, 5) is 0. The van der Waals surface area contributed by atoms with Crippen LogP contribution < -0.4 is 0 Å². The maximum Gasteiger partial charge on any atom is 0.0179 e. The summed E-state index contributed by atoms with van der Waals surface area (Å²) in [5.41, 5.74) is 0. The van der Waals surface area contributed by atoms with E-state index >= 15 is 0 Å². The molecule has 0 aliphatic heterocycles. The Kier molecular flexibility index (Phi) is 5.93. The Morgan fingerprint density at radius 3 is 0.909 bits per heavy atom. The van der Waals surface area contributed by atoms with Crippen molar-refractivity contribution in [2.24, 2.45) is 0 Å². The van der Waals surface area contributed by atoms with Crippen LogP contribution in [0.2, 0.25) is 0 Å². The van der Waals surface area contributed by atoms with Gasteiger partial charge in [0.05, 0.1) is 0 Å². The highest BCUT2D eigenvalue weighted by Gasteiger charge is 2.17. The molecular weight excluding hydrogens is 179 g/mol. The zero-order valence-corrected chi connectivity index (χ0v) is 9.86. The average Bonchev–Trinajstić information content (AvgIpc) is 1.57. The van der Waals surface area contributed by atoms with Gasteiger partial charge in [0.15, 0.2) is 0 Å². The fourth-order valence-electron chi connectivity index (χ4n) is 0.250. The summed E-state index contributed by atoms with van der Waals surface area (Å²) in [6, 6.07) is 0. The molecule has 0 unspecified atom stereocenters. The number of rotatable bonds is 1. The van der Waals surface area contributed by atoms with Gasteiger partial charge in [0, 0.05) is 9.49 Å². The predicted octanol–water partition coefficient (Wildman–Crippen LogP) is 4.12. The molecule has 11 heavy (non-hydrogen) atoms. The van der Waals surface area contributed by atoms with E-state index in [0.29, 0.717) is 9.49 Å². The van der Waals surface area contributed by atoms with Crippen molar-refractivity contribution in [2.75, 3.05) is 0 Å². The Labute approximate surface area is 77.7 Å². The van der Waals surface area contributed by atoms with Crippen LogP contribution in [-0.4, -0.2) is 9.49 Å². The first-order chi connectivity index (χ1) is 4.21. The molecule has 0 bridgehead atoms. The normalized spacial score (nSPS) is 12.5. The maximum atomic E-state index is 2.25. The summed E-state index contributed by atoms with van der Waals surface area (Å²) in [6.07, 6.45) is 0. The third-order valence-corrected chi connectivity index (χ3v) is 4.87. The fourth-order valence-corrected chi connectivity index (χ4v) is 2.25. The summed E-state index contributed by atoms with van der Waals surface area (Å²) in [5.74, 6) is 0. The summed E-state index contributed by atoms with van der Waals surface area (Å²) >= 11 is 0. The average molecular weight is 198 g/mol. The molecule has 0 radical (unpaired) electrons. The Morgan fingerprint density at radius 2 is 0.818 bits per heavy atom. The van der Waals surface area contributed by atoms with Crippen LogP contribution in [-0.2, 0) is 0 Å². The van der Waals surface area contributed by atoms with E-state index in [9.17, 15) is 0 Å². The van der Waals surface area contributed by atoms with Gasteiger partial charge in [-0.3, -0.25) is 4.70 Å². The Hall–Kier alpha value is 0.630. The van der Waals surface area contributed by atoms with E-state index in [1.807, 2.05) is 21.6 Å². The van der Waals surface area contributed by atoms with Crippen molar-refractivity contribution in [2.45, 2.75) is 51.0 Å². The van der Waals surface area contributed by atoms with E-state index < -0.39 is 0 Å². The minimum Gasteiger partial charge on any atom is -0.269 e. The molecule has 0 amide bonds. The maximum absolute atomic E-state index is 2.25. The van der Waals surface area contributed by atoms with Crippen LogP contribution >= 0.6 is 21.6 Å². The van der Waals surface area contributed by atoms with Crippen LogP contribution in [0.25, 0.3) is 0 Å². The predicted molar refractivity (Wildman–Crippen MR) is 57.2 cm³/mol.